The van der Waals surface area contributed by atoms with E-state index in [0.717, 1.165) is 78.8 Å². The van der Waals surface area contributed by atoms with Gasteiger partial charge in [-0.15, -0.1) is 0 Å². The van der Waals surface area contributed by atoms with Gasteiger partial charge in [0.25, 0.3) is 0 Å². The number of aromatic nitrogens is 1. The molecule has 1 aliphatic carbocycles. The lowest BCUT2D eigenvalue weighted by atomic mass is 9.87. The molecule has 2 heterocycles. The van der Waals surface area contributed by atoms with E-state index in [1.807, 2.05) is 39.0 Å². The van der Waals surface area contributed by atoms with E-state index in [9.17, 15) is 19.1 Å². The fourth-order valence-corrected chi connectivity index (χ4v) is 6.02. The van der Waals surface area contributed by atoms with Crippen LogP contribution in [0.4, 0.5) is 9.18 Å². The summed E-state index contributed by atoms with van der Waals surface area (Å²) in [5, 5.41) is 9.63. The van der Waals surface area contributed by atoms with E-state index >= 15 is 0 Å². The molecule has 6 nitrogen and oxygen atoms in total. The largest absolute Gasteiger partial charge is 0.478 e. The summed E-state index contributed by atoms with van der Waals surface area (Å²) < 4.78 is 19.8. The van der Waals surface area contributed by atoms with E-state index < -0.39 is 17.7 Å². The number of rotatable bonds is 8. The maximum atomic E-state index is 13.2. The molecule has 7 heteroatoms. The van der Waals surface area contributed by atoms with E-state index in [-0.39, 0.29) is 12.2 Å². The van der Waals surface area contributed by atoms with Gasteiger partial charge < -0.3 is 14.7 Å². The third-order valence-electron chi connectivity index (χ3n) is 7.85. The third-order valence-corrected chi connectivity index (χ3v) is 7.85. The molecular weight excluding hydrogens is 519 g/mol. The van der Waals surface area contributed by atoms with Gasteiger partial charge in [0.05, 0.1) is 17.9 Å². The highest BCUT2D eigenvalue weighted by atomic mass is 19.1. The number of nitrogens with zero attached hydrogens (tertiary/aromatic N) is 2. The van der Waals surface area contributed by atoms with Crippen LogP contribution < -0.4 is 0 Å². The number of likely N-dealkylation sites (tertiary alicyclic amines) is 1. The minimum Gasteiger partial charge on any atom is -0.478 e. The van der Waals surface area contributed by atoms with Crippen LogP contribution in [-0.2, 0) is 17.6 Å². The zero-order valence-electron chi connectivity index (χ0n) is 24.2. The standard InChI is InChI=1S/C34H39FN2O4/c1-34(2,3)41-33(40)37-18-5-9-30(37)29-8-4-7-26-20-27(32(38)39)14-15-28(26)31(29)25-12-10-23(11-13-25)19-24-21-36(22-24)17-6-16-35/h5,9-15,18,20,24H,4,6-8,16-17,19,21-22H2,1-3H3,(H,38,39). The molecule has 2 aromatic carbocycles. The Bertz CT molecular complexity index is 1440. The number of carboxylic acid groups (broad SMARTS) is 1. The van der Waals surface area contributed by atoms with Crippen molar-refractivity contribution in [2.24, 2.45) is 5.92 Å². The van der Waals surface area contributed by atoms with Crippen molar-refractivity contribution in [3.8, 4) is 0 Å². The van der Waals surface area contributed by atoms with Gasteiger partial charge in [-0.05, 0) is 116 Å². The lowest BCUT2D eigenvalue weighted by Gasteiger charge is -2.39. The smallest absolute Gasteiger partial charge is 0.418 e. The number of hydrogen-bond acceptors (Lipinski definition) is 4. The highest BCUT2D eigenvalue weighted by molar-refractivity contribution is 6.01. The topological polar surface area (TPSA) is 71.8 Å². The van der Waals surface area contributed by atoms with Crippen LogP contribution in [0.2, 0.25) is 0 Å². The van der Waals surface area contributed by atoms with Crippen LogP contribution in [0.1, 0.15) is 78.3 Å². The van der Waals surface area contributed by atoms with Crippen LogP contribution in [0.3, 0.4) is 0 Å². The molecule has 41 heavy (non-hydrogen) atoms. The van der Waals surface area contributed by atoms with Crippen molar-refractivity contribution in [1.82, 2.24) is 9.47 Å². The van der Waals surface area contributed by atoms with Crippen molar-refractivity contribution in [2.75, 3.05) is 26.3 Å². The van der Waals surface area contributed by atoms with Gasteiger partial charge in [0.2, 0.25) is 0 Å². The molecule has 0 unspecified atom stereocenters. The zero-order valence-corrected chi connectivity index (χ0v) is 24.2. The van der Waals surface area contributed by atoms with Gasteiger partial charge in [0.1, 0.15) is 5.60 Å². The Morgan fingerprint density at radius 1 is 1.05 bits per heavy atom. The quantitative estimate of drug-likeness (QED) is 0.319. The number of carbonyl (C=O) groups excluding carboxylic acids is 1. The van der Waals surface area contributed by atoms with E-state index in [2.05, 4.69) is 29.2 Å². The van der Waals surface area contributed by atoms with Crippen LogP contribution in [0.5, 0.6) is 0 Å². The second kappa shape index (κ2) is 12.0. The van der Waals surface area contributed by atoms with Crippen LogP contribution in [-0.4, -0.2) is 58.5 Å². The Balaban J connectivity index is 1.52. The Kier molecular flexibility index (Phi) is 8.45. The van der Waals surface area contributed by atoms with Gasteiger partial charge in [-0.2, -0.15) is 0 Å². The Morgan fingerprint density at radius 3 is 2.49 bits per heavy atom. The van der Waals surface area contributed by atoms with Crippen molar-refractivity contribution in [1.29, 1.82) is 0 Å². The maximum absolute atomic E-state index is 13.2. The molecule has 0 amide bonds. The van der Waals surface area contributed by atoms with Crippen molar-refractivity contribution in [2.45, 2.75) is 58.5 Å². The molecule has 2 aliphatic rings. The van der Waals surface area contributed by atoms with Gasteiger partial charge in [-0.25, -0.2) is 9.59 Å². The fraction of sp³-hybridized carbons (Fsp3) is 0.412. The molecule has 1 aliphatic heterocycles. The number of benzene rings is 2. The normalized spacial score (nSPS) is 16.2. The van der Waals surface area contributed by atoms with Crippen molar-refractivity contribution in [3.63, 3.8) is 0 Å². The number of carboxylic acids is 1. The van der Waals surface area contributed by atoms with E-state index in [0.29, 0.717) is 12.3 Å². The predicted octanol–water partition coefficient (Wildman–Crippen LogP) is 7.10. The van der Waals surface area contributed by atoms with Gasteiger partial charge in [0.15, 0.2) is 0 Å². The molecule has 1 fully saturated rings. The van der Waals surface area contributed by atoms with Gasteiger partial charge in [-0.1, -0.05) is 30.3 Å². The summed E-state index contributed by atoms with van der Waals surface area (Å²) >= 11 is 0. The first kappa shape index (κ1) is 28.8. The molecule has 0 bridgehead atoms. The first-order chi connectivity index (χ1) is 19.6. The summed E-state index contributed by atoms with van der Waals surface area (Å²) in [6.07, 6.45) is 5.21. The molecule has 5 rings (SSSR count). The first-order valence-corrected chi connectivity index (χ1v) is 14.5. The van der Waals surface area contributed by atoms with E-state index in [4.69, 9.17) is 4.74 Å². The second-order valence-corrected chi connectivity index (χ2v) is 12.2. The third kappa shape index (κ3) is 6.62. The lowest BCUT2D eigenvalue weighted by molar-refractivity contribution is 0.0535. The number of allylic oxidation sites excluding steroid dienone is 1. The van der Waals surface area contributed by atoms with Crippen LogP contribution in [0.15, 0.2) is 60.8 Å². The average Bonchev–Trinajstić information content (AvgIpc) is 3.31. The van der Waals surface area contributed by atoms with Crippen LogP contribution >= 0.6 is 0 Å². The Labute approximate surface area is 241 Å². The lowest BCUT2D eigenvalue weighted by Crippen LogP contribution is -2.47. The molecule has 1 N–H and O–H groups in total. The van der Waals surface area contributed by atoms with E-state index in [1.54, 1.807) is 22.9 Å². The molecule has 0 saturated carbocycles. The molecule has 0 atom stereocenters. The summed E-state index contributed by atoms with van der Waals surface area (Å²) in [4.78, 5) is 27.2. The summed E-state index contributed by atoms with van der Waals surface area (Å²) in [7, 11) is 0. The molecular formula is C34H39FN2O4. The Morgan fingerprint density at radius 2 is 1.80 bits per heavy atom. The van der Waals surface area contributed by atoms with Gasteiger partial charge in [-0.3, -0.25) is 8.96 Å². The summed E-state index contributed by atoms with van der Waals surface area (Å²) in [6, 6.07) is 17.8. The zero-order chi connectivity index (χ0) is 29.1. The molecule has 0 spiro atoms. The minimum absolute atomic E-state index is 0.260. The SMILES string of the molecule is CC(C)(C)OC(=O)n1cccc1C1=C(c2ccc(CC3CN(CCCF)C3)cc2)c2ccc(C(=O)O)cc2CCC1. The molecule has 0 radical (unpaired) electrons. The number of fused-ring (bicyclic) bond motifs is 1. The summed E-state index contributed by atoms with van der Waals surface area (Å²) in [5.74, 6) is -0.356. The van der Waals surface area contributed by atoms with Crippen molar-refractivity contribution in [3.05, 3.63) is 94.3 Å². The number of carbonyl (C=O) groups is 2. The monoisotopic (exact) mass is 558 g/mol. The summed E-state index contributed by atoms with van der Waals surface area (Å²) in [5.41, 5.74) is 6.79. The molecule has 1 aromatic heterocycles. The number of halogens is 1. The van der Waals surface area contributed by atoms with Gasteiger partial charge >= 0.3 is 12.1 Å². The minimum atomic E-state index is -0.940. The number of ether oxygens (including phenoxy) is 1. The first-order valence-electron chi connectivity index (χ1n) is 14.5. The van der Waals surface area contributed by atoms with Gasteiger partial charge in [0, 0.05) is 25.8 Å². The molecule has 216 valence electrons. The maximum Gasteiger partial charge on any atom is 0.418 e. The number of aryl methyl sites for hydroxylation is 1. The fourth-order valence-electron chi connectivity index (χ4n) is 6.02. The highest BCUT2D eigenvalue weighted by Gasteiger charge is 2.28. The predicted molar refractivity (Wildman–Crippen MR) is 159 cm³/mol. The Hall–Kier alpha value is -3.71. The van der Waals surface area contributed by atoms with Crippen molar-refractivity contribution >= 4 is 23.2 Å². The molecule has 1 saturated heterocycles. The summed E-state index contributed by atoms with van der Waals surface area (Å²) in [6.45, 7) is 8.16. The second-order valence-electron chi connectivity index (χ2n) is 12.2. The number of hydrogen-bond donors (Lipinski definition) is 1. The molecule has 3 aromatic rings. The van der Waals surface area contributed by atoms with Crippen LogP contribution in [0, 0.1) is 5.92 Å². The number of alkyl halides is 1. The van der Waals surface area contributed by atoms with E-state index in [1.165, 1.54) is 5.56 Å². The van der Waals surface area contributed by atoms with Crippen molar-refractivity contribution < 1.29 is 23.8 Å². The number of aromatic carboxylic acids is 1. The van der Waals surface area contributed by atoms with Crippen LogP contribution in [0.25, 0.3) is 11.1 Å². The average molecular weight is 559 g/mol. The highest BCUT2D eigenvalue weighted by Crippen LogP contribution is 2.40.